The second-order valence-corrected chi connectivity index (χ2v) is 7.54. The van der Waals surface area contributed by atoms with E-state index in [2.05, 4.69) is 74.9 Å². The van der Waals surface area contributed by atoms with Crippen molar-refractivity contribution in [1.82, 2.24) is 15.6 Å². The van der Waals surface area contributed by atoms with Gasteiger partial charge in [0.1, 0.15) is 5.82 Å². The van der Waals surface area contributed by atoms with Crippen LogP contribution in [-0.4, -0.2) is 37.6 Å². The Morgan fingerprint density at radius 2 is 1.79 bits per heavy atom. The Morgan fingerprint density at radius 1 is 1.07 bits per heavy atom. The number of nitrogens with zero attached hydrogens (tertiary/aromatic N) is 3. The molecule has 0 spiro atoms. The molecule has 0 radical (unpaired) electrons. The maximum atomic E-state index is 4.60. The lowest BCUT2D eigenvalue weighted by molar-refractivity contribution is 0.698. The van der Waals surface area contributed by atoms with Crippen LogP contribution in [0.25, 0.3) is 0 Å². The third kappa shape index (κ3) is 7.49. The van der Waals surface area contributed by atoms with E-state index in [1.54, 1.807) is 0 Å². The summed E-state index contributed by atoms with van der Waals surface area (Å²) in [6.45, 7) is 6.04. The number of benzene rings is 1. The topological polar surface area (TPSA) is 52.6 Å². The Bertz CT molecular complexity index is 742. The van der Waals surface area contributed by atoms with Crippen molar-refractivity contribution in [3.05, 3.63) is 59.8 Å². The van der Waals surface area contributed by atoms with Crippen molar-refractivity contribution in [3.63, 3.8) is 0 Å². The average Bonchev–Trinajstić information content (AvgIpc) is 3.04. The molecule has 5 nitrogen and oxygen atoms in total. The standard InChI is InChI=1S/C23H33N5.HI/c1-19(21-10-6-5-7-11-21)17-26-23(24-2)27-18-20-12-13-25-22(16-20)28-14-8-3-4-9-15-28;/h5-7,10-13,16,19H,3-4,8-9,14-15,17-18H2,1-2H3,(H2,24,26,27);1H. The Kier molecular flexibility index (Phi) is 10.2. The van der Waals surface area contributed by atoms with E-state index in [9.17, 15) is 0 Å². The van der Waals surface area contributed by atoms with Crippen molar-refractivity contribution >= 4 is 35.8 Å². The van der Waals surface area contributed by atoms with E-state index in [1.807, 2.05) is 13.2 Å². The minimum atomic E-state index is 0. The van der Waals surface area contributed by atoms with Crippen molar-refractivity contribution < 1.29 is 0 Å². The molecule has 0 aliphatic carbocycles. The Balaban J connectivity index is 0.00000300. The lowest BCUT2D eigenvalue weighted by Crippen LogP contribution is -2.38. The summed E-state index contributed by atoms with van der Waals surface area (Å²) in [5.74, 6) is 2.35. The fourth-order valence-corrected chi connectivity index (χ4v) is 3.60. The summed E-state index contributed by atoms with van der Waals surface area (Å²) in [5.41, 5.74) is 2.56. The summed E-state index contributed by atoms with van der Waals surface area (Å²) < 4.78 is 0. The fourth-order valence-electron chi connectivity index (χ4n) is 3.60. The predicted octanol–water partition coefficient (Wildman–Crippen LogP) is 4.55. The van der Waals surface area contributed by atoms with Crippen molar-refractivity contribution in [3.8, 4) is 0 Å². The number of anilines is 1. The molecule has 2 aromatic rings. The molecule has 2 heterocycles. The highest BCUT2D eigenvalue weighted by atomic mass is 127. The van der Waals surface area contributed by atoms with Crippen LogP contribution in [0.1, 0.15) is 49.7 Å². The van der Waals surface area contributed by atoms with Crippen LogP contribution in [0.3, 0.4) is 0 Å². The van der Waals surface area contributed by atoms with Crippen LogP contribution in [0.2, 0.25) is 0 Å². The second kappa shape index (κ2) is 12.7. The molecule has 1 atom stereocenters. The van der Waals surface area contributed by atoms with Crippen LogP contribution in [0.5, 0.6) is 0 Å². The maximum Gasteiger partial charge on any atom is 0.191 e. The van der Waals surface area contributed by atoms with Crippen molar-refractivity contribution in [2.75, 3.05) is 31.6 Å². The van der Waals surface area contributed by atoms with Gasteiger partial charge in [-0.3, -0.25) is 4.99 Å². The minimum Gasteiger partial charge on any atom is -0.357 e. The normalized spacial score (nSPS) is 15.8. The minimum absolute atomic E-state index is 0. The first-order chi connectivity index (χ1) is 13.8. The number of hydrogen-bond donors (Lipinski definition) is 2. The summed E-state index contributed by atoms with van der Waals surface area (Å²) in [4.78, 5) is 11.4. The van der Waals surface area contributed by atoms with E-state index < -0.39 is 0 Å². The lowest BCUT2D eigenvalue weighted by atomic mass is 10.0. The zero-order valence-corrected chi connectivity index (χ0v) is 19.9. The van der Waals surface area contributed by atoms with E-state index in [1.165, 1.54) is 36.8 Å². The van der Waals surface area contributed by atoms with Gasteiger partial charge in [0.15, 0.2) is 5.96 Å². The SMILES string of the molecule is CN=C(NCc1ccnc(N2CCCCCC2)c1)NCC(C)c1ccccc1.I. The zero-order chi connectivity index (χ0) is 19.6. The molecule has 1 aromatic heterocycles. The van der Waals surface area contributed by atoms with Gasteiger partial charge in [-0.25, -0.2) is 4.98 Å². The van der Waals surface area contributed by atoms with Crippen molar-refractivity contribution in [2.45, 2.75) is 45.1 Å². The molecule has 0 amide bonds. The molecule has 0 saturated carbocycles. The number of pyridine rings is 1. The molecule has 1 fully saturated rings. The molecule has 158 valence electrons. The van der Waals surface area contributed by atoms with E-state index in [4.69, 9.17) is 0 Å². The maximum absolute atomic E-state index is 4.60. The summed E-state index contributed by atoms with van der Waals surface area (Å²) in [5, 5.41) is 6.86. The number of aliphatic imine (C=N–C) groups is 1. The third-order valence-electron chi connectivity index (χ3n) is 5.37. The van der Waals surface area contributed by atoms with Crippen LogP contribution in [-0.2, 0) is 6.54 Å². The molecule has 1 aliphatic rings. The first kappa shape index (κ1) is 23.4. The molecule has 1 aromatic carbocycles. The van der Waals surface area contributed by atoms with E-state index in [0.717, 1.165) is 38.0 Å². The summed E-state index contributed by atoms with van der Waals surface area (Å²) in [7, 11) is 1.82. The van der Waals surface area contributed by atoms with Crippen LogP contribution in [0.4, 0.5) is 5.82 Å². The number of guanidine groups is 1. The van der Waals surface area contributed by atoms with Gasteiger partial charge in [0.2, 0.25) is 0 Å². The van der Waals surface area contributed by atoms with E-state index in [-0.39, 0.29) is 24.0 Å². The van der Waals surface area contributed by atoms with Gasteiger partial charge >= 0.3 is 0 Å². The largest absolute Gasteiger partial charge is 0.357 e. The number of rotatable bonds is 6. The predicted molar refractivity (Wildman–Crippen MR) is 133 cm³/mol. The first-order valence-electron chi connectivity index (χ1n) is 10.5. The third-order valence-corrected chi connectivity index (χ3v) is 5.37. The monoisotopic (exact) mass is 507 g/mol. The van der Waals surface area contributed by atoms with Crippen LogP contribution >= 0.6 is 24.0 Å². The molecule has 6 heteroatoms. The highest BCUT2D eigenvalue weighted by molar-refractivity contribution is 14.0. The number of halogens is 1. The molecular formula is C23H34IN5. The van der Waals surface area contributed by atoms with Crippen LogP contribution in [0.15, 0.2) is 53.7 Å². The molecule has 29 heavy (non-hydrogen) atoms. The van der Waals surface area contributed by atoms with Gasteiger partial charge in [0.05, 0.1) is 0 Å². The van der Waals surface area contributed by atoms with Gasteiger partial charge in [0.25, 0.3) is 0 Å². The van der Waals surface area contributed by atoms with Crippen molar-refractivity contribution in [1.29, 1.82) is 0 Å². The van der Waals surface area contributed by atoms with Gasteiger partial charge in [-0.15, -0.1) is 24.0 Å². The second-order valence-electron chi connectivity index (χ2n) is 7.54. The van der Waals surface area contributed by atoms with Crippen LogP contribution in [0, 0.1) is 0 Å². The van der Waals surface area contributed by atoms with Gasteiger partial charge in [-0.2, -0.15) is 0 Å². The number of hydrogen-bond acceptors (Lipinski definition) is 3. The van der Waals surface area contributed by atoms with Crippen molar-refractivity contribution in [2.24, 2.45) is 4.99 Å². The van der Waals surface area contributed by atoms with Gasteiger partial charge in [-0.05, 0) is 42.0 Å². The number of aromatic nitrogens is 1. The summed E-state index contributed by atoms with van der Waals surface area (Å²) in [6.07, 6.45) is 7.12. The highest BCUT2D eigenvalue weighted by Crippen LogP contribution is 2.18. The molecule has 3 rings (SSSR count). The zero-order valence-electron chi connectivity index (χ0n) is 17.6. The van der Waals surface area contributed by atoms with Gasteiger partial charge < -0.3 is 15.5 Å². The average molecular weight is 507 g/mol. The molecule has 2 N–H and O–H groups in total. The lowest BCUT2D eigenvalue weighted by Gasteiger charge is -2.22. The quantitative estimate of drug-likeness (QED) is 0.342. The molecule has 1 unspecified atom stereocenters. The molecule has 0 bridgehead atoms. The smallest absolute Gasteiger partial charge is 0.191 e. The Labute approximate surface area is 192 Å². The molecule has 1 saturated heterocycles. The molecular weight excluding hydrogens is 473 g/mol. The first-order valence-corrected chi connectivity index (χ1v) is 10.5. The number of nitrogens with one attached hydrogen (secondary N) is 2. The molecule has 1 aliphatic heterocycles. The van der Waals surface area contributed by atoms with Crippen LogP contribution < -0.4 is 15.5 Å². The summed E-state index contributed by atoms with van der Waals surface area (Å²) in [6, 6.07) is 14.9. The highest BCUT2D eigenvalue weighted by Gasteiger charge is 2.11. The fraction of sp³-hybridized carbons (Fsp3) is 0.478. The Morgan fingerprint density at radius 3 is 2.48 bits per heavy atom. The van der Waals surface area contributed by atoms with Gasteiger partial charge in [-0.1, -0.05) is 50.1 Å². The van der Waals surface area contributed by atoms with E-state index in [0.29, 0.717) is 5.92 Å². The Hall–Kier alpha value is -1.83. The van der Waals surface area contributed by atoms with E-state index >= 15 is 0 Å². The summed E-state index contributed by atoms with van der Waals surface area (Å²) >= 11 is 0. The van der Waals surface area contributed by atoms with Gasteiger partial charge in [0, 0.05) is 39.4 Å².